The number of nitrogens with zero attached hydrogens (tertiary/aromatic N) is 1. The molecule has 1 aliphatic carbocycles. The standard InChI is InChI=1S/C13H12ClNO/c1-3-10-11(5-4-6-12(10)14)13(16)15(2)9-7-8-9/h1,4-6,9H,7-8H2,2H3. The topological polar surface area (TPSA) is 20.3 Å². The molecule has 2 nitrogen and oxygen atoms in total. The molecule has 0 aromatic heterocycles. The molecular formula is C13H12ClNO. The molecule has 0 unspecified atom stereocenters. The van der Waals surface area contributed by atoms with Crippen LogP contribution in [0.4, 0.5) is 0 Å². The van der Waals surface area contributed by atoms with Crippen molar-refractivity contribution in [2.45, 2.75) is 18.9 Å². The largest absolute Gasteiger partial charge is 0.339 e. The lowest BCUT2D eigenvalue weighted by Crippen LogP contribution is -2.29. The summed E-state index contributed by atoms with van der Waals surface area (Å²) in [5.41, 5.74) is 1.01. The molecule has 1 amide bonds. The molecule has 0 atom stereocenters. The van der Waals surface area contributed by atoms with E-state index >= 15 is 0 Å². The third kappa shape index (κ3) is 1.91. The van der Waals surface area contributed by atoms with E-state index in [0.29, 0.717) is 22.2 Å². The third-order valence-corrected chi connectivity index (χ3v) is 3.12. The molecule has 16 heavy (non-hydrogen) atoms. The van der Waals surface area contributed by atoms with Gasteiger partial charge in [0.1, 0.15) is 0 Å². The van der Waals surface area contributed by atoms with Crippen molar-refractivity contribution < 1.29 is 4.79 Å². The maximum atomic E-state index is 12.1. The van der Waals surface area contributed by atoms with Gasteiger partial charge < -0.3 is 4.90 Å². The molecule has 0 heterocycles. The smallest absolute Gasteiger partial charge is 0.255 e. The summed E-state index contributed by atoms with van der Waals surface area (Å²) in [4.78, 5) is 13.9. The first-order valence-corrected chi connectivity index (χ1v) is 5.55. The van der Waals surface area contributed by atoms with Gasteiger partial charge in [-0.05, 0) is 25.0 Å². The molecule has 0 saturated heterocycles. The van der Waals surface area contributed by atoms with Gasteiger partial charge in [0.05, 0.1) is 16.1 Å². The maximum absolute atomic E-state index is 12.1. The van der Waals surface area contributed by atoms with Crippen molar-refractivity contribution in [3.8, 4) is 12.3 Å². The highest BCUT2D eigenvalue weighted by atomic mass is 35.5. The van der Waals surface area contributed by atoms with Crippen molar-refractivity contribution in [1.82, 2.24) is 4.90 Å². The van der Waals surface area contributed by atoms with Gasteiger partial charge in [0.15, 0.2) is 0 Å². The molecule has 2 rings (SSSR count). The Labute approximate surface area is 100 Å². The molecule has 1 aromatic rings. The molecule has 1 aromatic carbocycles. The van der Waals surface area contributed by atoms with Crippen LogP contribution in [-0.2, 0) is 0 Å². The summed E-state index contributed by atoms with van der Waals surface area (Å²) in [6.07, 6.45) is 7.53. The quantitative estimate of drug-likeness (QED) is 0.719. The molecule has 0 spiro atoms. The van der Waals surface area contributed by atoms with E-state index in [1.807, 2.05) is 0 Å². The molecular weight excluding hydrogens is 222 g/mol. The van der Waals surface area contributed by atoms with Gasteiger partial charge in [0, 0.05) is 13.1 Å². The average molecular weight is 234 g/mol. The van der Waals surface area contributed by atoms with E-state index in [-0.39, 0.29) is 5.91 Å². The fourth-order valence-corrected chi connectivity index (χ4v) is 1.90. The molecule has 82 valence electrons. The molecule has 0 N–H and O–H groups in total. The lowest BCUT2D eigenvalue weighted by Gasteiger charge is -2.17. The first-order valence-electron chi connectivity index (χ1n) is 5.17. The van der Waals surface area contributed by atoms with Crippen LogP contribution in [0.5, 0.6) is 0 Å². The Morgan fingerprint density at radius 2 is 2.25 bits per heavy atom. The second-order valence-electron chi connectivity index (χ2n) is 3.95. The number of halogens is 1. The van der Waals surface area contributed by atoms with Crippen LogP contribution in [0, 0.1) is 12.3 Å². The van der Waals surface area contributed by atoms with Crippen LogP contribution in [0.3, 0.4) is 0 Å². The second-order valence-corrected chi connectivity index (χ2v) is 4.36. The van der Waals surface area contributed by atoms with Gasteiger partial charge in [0.2, 0.25) is 0 Å². The van der Waals surface area contributed by atoms with Gasteiger partial charge in [-0.2, -0.15) is 0 Å². The summed E-state index contributed by atoms with van der Waals surface area (Å²) < 4.78 is 0. The van der Waals surface area contributed by atoms with Crippen molar-refractivity contribution in [2.24, 2.45) is 0 Å². The number of hydrogen-bond donors (Lipinski definition) is 0. The van der Waals surface area contributed by atoms with E-state index in [4.69, 9.17) is 18.0 Å². The fraction of sp³-hybridized carbons (Fsp3) is 0.308. The lowest BCUT2D eigenvalue weighted by molar-refractivity contribution is 0.0785. The lowest BCUT2D eigenvalue weighted by atomic mass is 10.1. The maximum Gasteiger partial charge on any atom is 0.255 e. The van der Waals surface area contributed by atoms with E-state index in [1.165, 1.54) is 0 Å². The molecule has 1 saturated carbocycles. The zero-order valence-corrected chi connectivity index (χ0v) is 9.79. The average Bonchev–Trinajstić information content (AvgIpc) is 3.10. The zero-order chi connectivity index (χ0) is 11.7. The van der Waals surface area contributed by atoms with Crippen LogP contribution in [0.2, 0.25) is 5.02 Å². The van der Waals surface area contributed by atoms with Crippen molar-refractivity contribution >= 4 is 17.5 Å². The molecule has 0 bridgehead atoms. The van der Waals surface area contributed by atoms with Crippen LogP contribution in [0.15, 0.2) is 18.2 Å². The van der Waals surface area contributed by atoms with Crippen molar-refractivity contribution in [3.05, 3.63) is 34.3 Å². The van der Waals surface area contributed by atoms with Crippen molar-refractivity contribution in [3.63, 3.8) is 0 Å². The highest BCUT2D eigenvalue weighted by Crippen LogP contribution is 2.28. The number of hydrogen-bond acceptors (Lipinski definition) is 1. The number of amides is 1. The third-order valence-electron chi connectivity index (χ3n) is 2.80. The predicted octanol–water partition coefficient (Wildman–Crippen LogP) is 2.56. The summed E-state index contributed by atoms with van der Waals surface area (Å²) in [7, 11) is 1.81. The van der Waals surface area contributed by atoms with Gasteiger partial charge in [0.25, 0.3) is 5.91 Å². The Hall–Kier alpha value is -1.46. The van der Waals surface area contributed by atoms with Crippen LogP contribution in [-0.4, -0.2) is 23.9 Å². The number of terminal acetylenes is 1. The van der Waals surface area contributed by atoms with E-state index < -0.39 is 0 Å². The number of carbonyl (C=O) groups is 1. The molecule has 1 aliphatic rings. The van der Waals surface area contributed by atoms with E-state index in [2.05, 4.69) is 5.92 Å². The predicted molar refractivity (Wildman–Crippen MR) is 64.5 cm³/mol. The van der Waals surface area contributed by atoms with Crippen LogP contribution < -0.4 is 0 Å². The van der Waals surface area contributed by atoms with E-state index in [9.17, 15) is 4.79 Å². The summed E-state index contributed by atoms with van der Waals surface area (Å²) in [6, 6.07) is 5.54. The first kappa shape index (κ1) is 11.0. The van der Waals surface area contributed by atoms with Gasteiger partial charge in [-0.25, -0.2) is 0 Å². The fourth-order valence-electron chi connectivity index (χ4n) is 1.67. The Kier molecular flexibility index (Phi) is 2.89. The molecule has 0 radical (unpaired) electrons. The highest BCUT2D eigenvalue weighted by molar-refractivity contribution is 6.32. The van der Waals surface area contributed by atoms with Crippen molar-refractivity contribution in [1.29, 1.82) is 0 Å². The Morgan fingerprint density at radius 3 is 2.81 bits per heavy atom. The van der Waals surface area contributed by atoms with E-state index in [0.717, 1.165) is 12.8 Å². The summed E-state index contributed by atoms with van der Waals surface area (Å²) in [6.45, 7) is 0. The SMILES string of the molecule is C#Cc1c(Cl)cccc1C(=O)N(C)C1CC1. The van der Waals surface area contributed by atoms with Crippen LogP contribution in [0.25, 0.3) is 0 Å². The Balaban J connectivity index is 2.36. The Bertz CT molecular complexity index is 471. The molecule has 0 aliphatic heterocycles. The molecule has 3 heteroatoms. The number of rotatable bonds is 2. The first-order chi connectivity index (χ1) is 7.65. The second kappa shape index (κ2) is 4.19. The normalized spacial score (nSPS) is 14.3. The molecule has 1 fully saturated rings. The summed E-state index contributed by atoms with van der Waals surface area (Å²) >= 11 is 5.96. The van der Waals surface area contributed by atoms with Crippen molar-refractivity contribution in [2.75, 3.05) is 7.05 Å². The van der Waals surface area contributed by atoms with Gasteiger partial charge in [-0.1, -0.05) is 23.6 Å². The van der Waals surface area contributed by atoms with Crippen LogP contribution >= 0.6 is 11.6 Å². The summed E-state index contributed by atoms with van der Waals surface area (Å²) in [5, 5.41) is 0.456. The van der Waals surface area contributed by atoms with E-state index in [1.54, 1.807) is 30.1 Å². The Morgan fingerprint density at radius 1 is 1.56 bits per heavy atom. The number of benzene rings is 1. The van der Waals surface area contributed by atoms with Gasteiger partial charge in [-0.3, -0.25) is 4.79 Å². The van der Waals surface area contributed by atoms with Gasteiger partial charge in [-0.15, -0.1) is 6.42 Å². The zero-order valence-electron chi connectivity index (χ0n) is 9.03. The number of carbonyl (C=O) groups excluding carboxylic acids is 1. The minimum Gasteiger partial charge on any atom is -0.339 e. The van der Waals surface area contributed by atoms with Gasteiger partial charge >= 0.3 is 0 Å². The highest BCUT2D eigenvalue weighted by Gasteiger charge is 2.30. The monoisotopic (exact) mass is 233 g/mol. The van der Waals surface area contributed by atoms with Crippen LogP contribution in [0.1, 0.15) is 28.8 Å². The minimum atomic E-state index is -0.0436. The minimum absolute atomic E-state index is 0.0436. The summed E-state index contributed by atoms with van der Waals surface area (Å²) in [5.74, 6) is 2.44.